The van der Waals surface area contributed by atoms with Crippen LogP contribution in [0.4, 0.5) is 0 Å². The van der Waals surface area contributed by atoms with E-state index in [-0.39, 0.29) is 21.3 Å². The van der Waals surface area contributed by atoms with Gasteiger partial charge in [0.25, 0.3) is 0 Å². The normalized spacial score (nSPS) is 6.73. The number of carboxylic acids is 2. The lowest BCUT2D eigenvalue weighted by Gasteiger charge is -1.71. The summed E-state index contributed by atoms with van der Waals surface area (Å²) in [6.07, 6.45) is 0.444. The van der Waals surface area contributed by atoms with Gasteiger partial charge in [-0.25, -0.2) is 0 Å². The van der Waals surface area contributed by atoms with Crippen molar-refractivity contribution in [2.45, 2.75) is 26.7 Å². The van der Waals surface area contributed by atoms with E-state index in [9.17, 15) is 9.59 Å². The molecule has 0 bridgehead atoms. The van der Waals surface area contributed by atoms with Crippen LogP contribution in [0.3, 0.4) is 0 Å². The molecule has 0 aromatic heterocycles. The van der Waals surface area contributed by atoms with E-state index in [1.54, 1.807) is 13.8 Å². The smallest absolute Gasteiger partial charge is 0.303 e. The molecule has 0 aliphatic rings. The Hall–Kier alpha value is -0.995. The first-order valence-corrected chi connectivity index (χ1v) is 2.98. The highest BCUT2D eigenvalue weighted by molar-refractivity contribution is 5.75. The Morgan fingerprint density at radius 3 is 1.09 bits per heavy atom. The molecular formula is C6H15BO4. The zero-order chi connectivity index (χ0) is 8.57. The summed E-state index contributed by atoms with van der Waals surface area (Å²) >= 11 is 0. The summed E-state index contributed by atoms with van der Waals surface area (Å²) in [7, 11) is 0. The topological polar surface area (TPSA) is 74.6 Å². The Bertz CT molecular complexity index is 99.1. The van der Waals surface area contributed by atoms with Crippen LogP contribution in [0, 0.1) is 0 Å². The van der Waals surface area contributed by atoms with Crippen LogP contribution in [-0.2, 0) is 9.59 Å². The fourth-order valence-corrected chi connectivity index (χ4v) is 0. The van der Waals surface area contributed by atoms with Crippen LogP contribution in [0.5, 0.6) is 0 Å². The van der Waals surface area contributed by atoms with Crippen molar-refractivity contribution in [2.24, 2.45) is 0 Å². The number of rotatable bonds is 2. The zero-order valence-electron chi connectivity index (χ0n) is 6.13. The van der Waals surface area contributed by atoms with E-state index in [1.165, 1.54) is 0 Å². The summed E-state index contributed by atoms with van der Waals surface area (Å²) < 4.78 is 0. The molecule has 2 N–H and O–H groups in total. The molecule has 0 spiro atoms. The highest BCUT2D eigenvalue weighted by atomic mass is 16.4. The lowest BCUT2D eigenvalue weighted by atomic mass is 10.5. The van der Waals surface area contributed by atoms with E-state index in [1.807, 2.05) is 0 Å². The molecule has 0 rings (SSSR count). The van der Waals surface area contributed by atoms with Crippen molar-refractivity contribution in [3.63, 3.8) is 0 Å². The Morgan fingerprint density at radius 2 is 1.09 bits per heavy atom. The van der Waals surface area contributed by atoms with E-state index in [0.717, 1.165) is 0 Å². The largest absolute Gasteiger partial charge is 0.481 e. The first-order chi connectivity index (χ1) is 4.54. The molecule has 0 aliphatic heterocycles. The number of carboxylic acid groups (broad SMARTS) is 2. The second kappa shape index (κ2) is 11.8. The molecule has 0 aliphatic carbocycles. The van der Waals surface area contributed by atoms with Gasteiger partial charge in [0, 0.05) is 12.8 Å². The van der Waals surface area contributed by atoms with Gasteiger partial charge in [0.2, 0.25) is 0 Å². The molecule has 0 heterocycles. The van der Waals surface area contributed by atoms with Crippen molar-refractivity contribution < 1.29 is 19.8 Å². The Labute approximate surface area is 67.8 Å². The number of hydrogen-bond donors (Lipinski definition) is 2. The van der Waals surface area contributed by atoms with Crippen LogP contribution in [-0.4, -0.2) is 30.6 Å². The third kappa shape index (κ3) is 48.9. The minimum atomic E-state index is -0.745. The van der Waals surface area contributed by atoms with Crippen molar-refractivity contribution in [3.8, 4) is 0 Å². The molecule has 5 heteroatoms. The lowest BCUT2D eigenvalue weighted by Crippen LogP contribution is -1.86. The third-order valence-electron chi connectivity index (χ3n) is 0.605. The molecule has 0 aromatic rings. The van der Waals surface area contributed by atoms with Crippen molar-refractivity contribution in [3.05, 3.63) is 0 Å². The second-order valence-corrected chi connectivity index (χ2v) is 1.49. The van der Waals surface area contributed by atoms with Gasteiger partial charge in [0.15, 0.2) is 0 Å². The minimum absolute atomic E-state index is 0. The molecule has 0 fully saturated rings. The van der Waals surface area contributed by atoms with Crippen molar-refractivity contribution in [1.29, 1.82) is 0 Å². The Kier molecular flexibility index (Phi) is 17.7. The van der Waals surface area contributed by atoms with E-state index in [0.29, 0.717) is 0 Å². The van der Waals surface area contributed by atoms with E-state index < -0.39 is 11.9 Å². The van der Waals surface area contributed by atoms with Gasteiger partial charge in [-0.1, -0.05) is 13.8 Å². The summed E-state index contributed by atoms with van der Waals surface area (Å²) in [5.74, 6) is -1.49. The van der Waals surface area contributed by atoms with Crippen LogP contribution in [0.15, 0.2) is 0 Å². The van der Waals surface area contributed by atoms with Gasteiger partial charge in [-0.05, 0) is 0 Å². The van der Waals surface area contributed by atoms with Crippen LogP contribution in [0.2, 0.25) is 0 Å². The Balaban J connectivity index is -0.000000107. The first kappa shape index (κ1) is 16.5. The summed E-state index contributed by atoms with van der Waals surface area (Å²) in [5, 5.41) is 15.4. The maximum atomic E-state index is 9.37. The highest BCUT2D eigenvalue weighted by Gasteiger charge is 1.81. The zero-order valence-corrected chi connectivity index (χ0v) is 6.13. The number of hydrogen-bond acceptors (Lipinski definition) is 2. The maximum absolute atomic E-state index is 9.37. The van der Waals surface area contributed by atoms with Gasteiger partial charge < -0.3 is 10.2 Å². The lowest BCUT2D eigenvalue weighted by molar-refractivity contribution is -0.137. The quantitative estimate of drug-likeness (QED) is 0.550. The van der Waals surface area contributed by atoms with E-state index >= 15 is 0 Å². The van der Waals surface area contributed by atoms with Crippen LogP contribution in [0.1, 0.15) is 26.7 Å². The minimum Gasteiger partial charge on any atom is -0.481 e. The van der Waals surface area contributed by atoms with Gasteiger partial charge in [0.05, 0.1) is 8.41 Å². The van der Waals surface area contributed by atoms with Gasteiger partial charge in [-0.2, -0.15) is 0 Å². The molecule has 11 heavy (non-hydrogen) atoms. The molecular weight excluding hydrogens is 147 g/mol. The average molecular weight is 162 g/mol. The molecule has 0 atom stereocenters. The fourth-order valence-electron chi connectivity index (χ4n) is 0. The summed E-state index contributed by atoms with van der Waals surface area (Å²) in [6, 6.07) is 0. The molecule has 0 aromatic carbocycles. The summed E-state index contributed by atoms with van der Waals surface area (Å²) in [6.45, 7) is 3.20. The molecule has 0 saturated heterocycles. The van der Waals surface area contributed by atoms with Crippen molar-refractivity contribution in [1.82, 2.24) is 0 Å². The van der Waals surface area contributed by atoms with Gasteiger partial charge in [0.1, 0.15) is 0 Å². The third-order valence-corrected chi connectivity index (χ3v) is 0.605. The first-order valence-electron chi connectivity index (χ1n) is 2.98. The fraction of sp³-hybridized carbons (Fsp3) is 0.667. The predicted octanol–water partition coefficient (Wildman–Crippen LogP) is -0.222. The molecule has 0 radical (unpaired) electrons. The molecule has 0 amide bonds. The Morgan fingerprint density at radius 1 is 1.00 bits per heavy atom. The van der Waals surface area contributed by atoms with Gasteiger partial charge in [-0.3, -0.25) is 9.59 Å². The maximum Gasteiger partial charge on any atom is 0.303 e. The summed E-state index contributed by atoms with van der Waals surface area (Å²) in [4.78, 5) is 18.7. The van der Waals surface area contributed by atoms with Crippen LogP contribution < -0.4 is 0 Å². The van der Waals surface area contributed by atoms with E-state index in [2.05, 4.69) is 0 Å². The SMILES string of the molecule is B.CCC(=O)O.CCC(=O)O. The van der Waals surface area contributed by atoms with E-state index in [4.69, 9.17) is 10.2 Å². The standard InChI is InChI=1S/2C3H6O2.BH3/c2*1-2-3(4)5;/h2*2H2,1H3,(H,4,5);1H3. The molecule has 4 nitrogen and oxygen atoms in total. The van der Waals surface area contributed by atoms with Crippen LogP contribution >= 0.6 is 0 Å². The molecule has 0 saturated carbocycles. The van der Waals surface area contributed by atoms with Crippen molar-refractivity contribution >= 4 is 20.4 Å². The summed E-state index contributed by atoms with van der Waals surface area (Å²) in [5.41, 5.74) is 0. The predicted molar refractivity (Wildman–Crippen MR) is 45.8 cm³/mol. The molecule has 0 unspecified atom stereocenters. The van der Waals surface area contributed by atoms with Crippen LogP contribution in [0.25, 0.3) is 0 Å². The molecule has 66 valence electrons. The average Bonchev–Trinajstić information content (AvgIpc) is 1.89. The van der Waals surface area contributed by atoms with Crippen molar-refractivity contribution in [2.75, 3.05) is 0 Å². The highest BCUT2D eigenvalue weighted by Crippen LogP contribution is 1.67. The van der Waals surface area contributed by atoms with Gasteiger partial charge >= 0.3 is 11.9 Å². The second-order valence-electron chi connectivity index (χ2n) is 1.49. The van der Waals surface area contributed by atoms with Gasteiger partial charge in [-0.15, -0.1) is 0 Å². The monoisotopic (exact) mass is 162 g/mol. The number of aliphatic carboxylic acids is 2. The number of carbonyl (C=O) groups is 2.